The van der Waals surface area contributed by atoms with Gasteiger partial charge in [-0.15, -0.1) is 0 Å². The average molecular weight is 304 g/mol. The number of carbonyl (C=O) groups is 1. The molecule has 0 unspecified atom stereocenters. The summed E-state index contributed by atoms with van der Waals surface area (Å²) in [5.41, 5.74) is 2.23. The van der Waals surface area contributed by atoms with Gasteiger partial charge >= 0.3 is 0 Å². The van der Waals surface area contributed by atoms with Crippen molar-refractivity contribution < 1.29 is 9.53 Å². The zero-order valence-electron chi connectivity index (χ0n) is 12.1. The minimum Gasteiger partial charge on any atom is -0.479 e. The molecule has 3 nitrogen and oxygen atoms in total. The van der Waals surface area contributed by atoms with Crippen LogP contribution in [0.3, 0.4) is 0 Å². The third-order valence-corrected chi connectivity index (χ3v) is 3.37. The number of benzene rings is 2. The molecule has 2 aromatic carbocycles. The number of rotatable bonds is 5. The van der Waals surface area contributed by atoms with Crippen LogP contribution in [0.4, 0.5) is 0 Å². The number of aryl methyl sites for hydroxylation is 1. The Morgan fingerprint density at radius 2 is 2.00 bits per heavy atom. The molecular weight excluding hydrogens is 286 g/mol. The fraction of sp³-hybridized carbons (Fsp3) is 0.235. The highest BCUT2D eigenvalue weighted by Gasteiger charge is 2.15. The van der Waals surface area contributed by atoms with Gasteiger partial charge in [0.05, 0.1) is 5.02 Å². The molecule has 21 heavy (non-hydrogen) atoms. The first-order valence-corrected chi connectivity index (χ1v) is 7.18. The van der Waals surface area contributed by atoms with E-state index >= 15 is 0 Å². The van der Waals surface area contributed by atoms with Gasteiger partial charge in [0, 0.05) is 6.54 Å². The molecule has 0 bridgehead atoms. The van der Waals surface area contributed by atoms with Crippen LogP contribution in [0.1, 0.15) is 18.1 Å². The van der Waals surface area contributed by atoms with E-state index in [1.165, 1.54) is 5.56 Å². The molecule has 0 saturated heterocycles. The maximum Gasteiger partial charge on any atom is 0.261 e. The monoisotopic (exact) mass is 303 g/mol. The van der Waals surface area contributed by atoms with Gasteiger partial charge in [-0.2, -0.15) is 0 Å². The summed E-state index contributed by atoms with van der Waals surface area (Å²) in [6.07, 6.45) is -0.602. The lowest BCUT2D eigenvalue weighted by atomic mass is 10.1. The summed E-state index contributed by atoms with van der Waals surface area (Å²) in [5, 5.41) is 3.35. The number of amides is 1. The molecule has 0 radical (unpaired) electrons. The van der Waals surface area contributed by atoms with E-state index in [2.05, 4.69) is 5.32 Å². The Hall–Kier alpha value is -2.00. The number of para-hydroxylation sites is 1. The predicted octanol–water partition coefficient (Wildman–Crippen LogP) is 3.73. The third-order valence-electron chi connectivity index (χ3n) is 3.06. The zero-order chi connectivity index (χ0) is 15.2. The maximum atomic E-state index is 12.0. The van der Waals surface area contributed by atoms with Crippen molar-refractivity contribution in [2.75, 3.05) is 0 Å². The van der Waals surface area contributed by atoms with Crippen LogP contribution in [0.5, 0.6) is 5.75 Å². The van der Waals surface area contributed by atoms with Crippen molar-refractivity contribution in [3.63, 3.8) is 0 Å². The molecule has 1 amide bonds. The van der Waals surface area contributed by atoms with Crippen molar-refractivity contribution in [1.29, 1.82) is 0 Å². The molecule has 0 aromatic heterocycles. The van der Waals surface area contributed by atoms with E-state index in [-0.39, 0.29) is 5.91 Å². The second-order valence-corrected chi connectivity index (χ2v) is 5.30. The van der Waals surface area contributed by atoms with Gasteiger partial charge < -0.3 is 10.1 Å². The van der Waals surface area contributed by atoms with E-state index in [0.717, 1.165) is 5.56 Å². The van der Waals surface area contributed by atoms with Gasteiger partial charge in [-0.05, 0) is 31.5 Å². The maximum absolute atomic E-state index is 12.0. The largest absolute Gasteiger partial charge is 0.479 e. The molecule has 2 aromatic rings. The third kappa shape index (κ3) is 4.50. The Bertz CT molecular complexity index is 628. The van der Waals surface area contributed by atoms with Crippen LogP contribution in [0, 0.1) is 6.92 Å². The number of halogens is 1. The van der Waals surface area contributed by atoms with Gasteiger partial charge in [0.25, 0.3) is 5.91 Å². The molecule has 0 aliphatic carbocycles. The lowest BCUT2D eigenvalue weighted by molar-refractivity contribution is -0.127. The van der Waals surface area contributed by atoms with Crippen molar-refractivity contribution >= 4 is 17.5 Å². The smallest absolute Gasteiger partial charge is 0.261 e. The second kappa shape index (κ2) is 7.14. The molecule has 1 N–H and O–H groups in total. The fourth-order valence-corrected chi connectivity index (χ4v) is 2.12. The Morgan fingerprint density at radius 3 is 2.71 bits per heavy atom. The summed E-state index contributed by atoms with van der Waals surface area (Å²) in [7, 11) is 0. The van der Waals surface area contributed by atoms with Crippen LogP contribution >= 0.6 is 11.6 Å². The fourth-order valence-electron chi connectivity index (χ4n) is 1.94. The standard InChI is InChI=1S/C17H18ClNO2/c1-12-6-5-7-14(10-12)11-19-17(20)13(2)21-16-9-4-3-8-15(16)18/h3-10,13H,11H2,1-2H3,(H,19,20)/t13-/m1/s1. The van der Waals surface area contributed by atoms with Crippen LogP contribution < -0.4 is 10.1 Å². The second-order valence-electron chi connectivity index (χ2n) is 4.90. The lowest BCUT2D eigenvalue weighted by Gasteiger charge is -2.15. The number of carbonyl (C=O) groups excluding carboxylic acids is 1. The lowest BCUT2D eigenvalue weighted by Crippen LogP contribution is -2.35. The Kier molecular flexibility index (Phi) is 5.23. The number of hydrogen-bond acceptors (Lipinski definition) is 2. The molecular formula is C17H18ClNO2. The van der Waals surface area contributed by atoms with Crippen LogP contribution in [0.15, 0.2) is 48.5 Å². The number of hydrogen-bond donors (Lipinski definition) is 1. The quantitative estimate of drug-likeness (QED) is 0.914. The minimum atomic E-state index is -0.602. The van der Waals surface area contributed by atoms with E-state index in [0.29, 0.717) is 17.3 Å². The minimum absolute atomic E-state index is 0.170. The predicted molar refractivity (Wildman–Crippen MR) is 84.6 cm³/mol. The van der Waals surface area contributed by atoms with Gasteiger partial charge in [-0.3, -0.25) is 4.79 Å². The normalized spacial score (nSPS) is 11.8. The summed E-state index contributed by atoms with van der Waals surface area (Å²) in [5.74, 6) is 0.341. The highest BCUT2D eigenvalue weighted by Crippen LogP contribution is 2.24. The topological polar surface area (TPSA) is 38.3 Å². The first-order valence-electron chi connectivity index (χ1n) is 6.80. The number of nitrogens with one attached hydrogen (secondary N) is 1. The molecule has 2 rings (SSSR count). The first-order chi connectivity index (χ1) is 10.1. The molecule has 0 spiro atoms. The first kappa shape index (κ1) is 15.4. The highest BCUT2D eigenvalue weighted by atomic mass is 35.5. The average Bonchev–Trinajstić information content (AvgIpc) is 2.47. The van der Waals surface area contributed by atoms with E-state index in [4.69, 9.17) is 16.3 Å². The van der Waals surface area contributed by atoms with E-state index < -0.39 is 6.10 Å². The Labute approximate surface area is 129 Å². The SMILES string of the molecule is Cc1cccc(CNC(=O)[C@@H](C)Oc2ccccc2Cl)c1. The zero-order valence-corrected chi connectivity index (χ0v) is 12.9. The Balaban J connectivity index is 1.90. The molecule has 4 heteroatoms. The van der Waals surface area contributed by atoms with Gasteiger partial charge in [0.15, 0.2) is 6.10 Å². The van der Waals surface area contributed by atoms with E-state index in [1.807, 2.05) is 43.3 Å². The molecule has 0 saturated carbocycles. The van der Waals surface area contributed by atoms with Crippen LogP contribution in [0.2, 0.25) is 5.02 Å². The van der Waals surface area contributed by atoms with Gasteiger partial charge in [-0.1, -0.05) is 53.6 Å². The van der Waals surface area contributed by atoms with E-state index in [9.17, 15) is 4.79 Å². The Morgan fingerprint density at radius 1 is 1.24 bits per heavy atom. The summed E-state index contributed by atoms with van der Waals surface area (Å²) in [4.78, 5) is 12.0. The van der Waals surface area contributed by atoms with E-state index in [1.54, 1.807) is 19.1 Å². The van der Waals surface area contributed by atoms with Crippen LogP contribution in [-0.2, 0) is 11.3 Å². The molecule has 0 heterocycles. The molecule has 1 atom stereocenters. The summed E-state index contributed by atoms with van der Waals surface area (Å²) in [6, 6.07) is 15.1. The summed E-state index contributed by atoms with van der Waals surface area (Å²) in [6.45, 7) is 4.21. The van der Waals surface area contributed by atoms with Crippen LogP contribution in [-0.4, -0.2) is 12.0 Å². The van der Waals surface area contributed by atoms with Crippen molar-refractivity contribution in [2.24, 2.45) is 0 Å². The highest BCUT2D eigenvalue weighted by molar-refractivity contribution is 6.32. The molecule has 0 aliphatic rings. The van der Waals surface area contributed by atoms with Gasteiger partial charge in [0.2, 0.25) is 0 Å². The molecule has 0 fully saturated rings. The van der Waals surface area contributed by atoms with Crippen molar-refractivity contribution in [1.82, 2.24) is 5.32 Å². The van der Waals surface area contributed by atoms with Crippen molar-refractivity contribution in [3.05, 3.63) is 64.7 Å². The van der Waals surface area contributed by atoms with Gasteiger partial charge in [-0.25, -0.2) is 0 Å². The van der Waals surface area contributed by atoms with Crippen molar-refractivity contribution in [3.8, 4) is 5.75 Å². The summed E-state index contributed by atoms with van der Waals surface area (Å²) < 4.78 is 5.58. The molecule has 110 valence electrons. The molecule has 0 aliphatic heterocycles. The van der Waals surface area contributed by atoms with Crippen molar-refractivity contribution in [2.45, 2.75) is 26.5 Å². The van der Waals surface area contributed by atoms with Gasteiger partial charge in [0.1, 0.15) is 5.75 Å². The van der Waals surface area contributed by atoms with Crippen LogP contribution in [0.25, 0.3) is 0 Å². The summed E-state index contributed by atoms with van der Waals surface area (Å²) >= 11 is 6.01. The number of ether oxygens (including phenoxy) is 1.